The Balaban J connectivity index is 3.26. The van der Waals surface area contributed by atoms with E-state index in [1.807, 2.05) is 0 Å². The summed E-state index contributed by atoms with van der Waals surface area (Å²) in [7, 11) is 0. The average Bonchev–Trinajstić information content (AvgIpc) is 2.21. The fourth-order valence-corrected chi connectivity index (χ4v) is 1.69. The molecule has 1 aromatic carbocycles. The van der Waals surface area contributed by atoms with Crippen molar-refractivity contribution in [2.45, 2.75) is 18.1 Å². The Labute approximate surface area is 108 Å². The molecule has 0 saturated heterocycles. The van der Waals surface area contributed by atoms with Gasteiger partial charge < -0.3 is 10.8 Å². The quantitative estimate of drug-likeness (QED) is 0.838. The monoisotopic (exact) mass is 329 g/mol. The first-order valence-electron chi connectivity index (χ1n) is 4.64. The van der Waals surface area contributed by atoms with Crippen LogP contribution < -0.4 is 5.73 Å². The molecule has 0 saturated carbocycles. The topological polar surface area (TPSA) is 63.3 Å². The van der Waals surface area contributed by atoms with Crippen molar-refractivity contribution >= 4 is 21.9 Å². The highest BCUT2D eigenvalue weighted by molar-refractivity contribution is 9.10. The molecule has 0 fully saturated rings. The van der Waals surface area contributed by atoms with Gasteiger partial charge in [-0.25, -0.2) is 4.39 Å². The number of hydrogen-bond acceptors (Lipinski definition) is 2. The fraction of sp³-hybridized carbons (Fsp3) is 0.300. The molecular formula is C10H8BrF4NO2. The zero-order valence-corrected chi connectivity index (χ0v) is 10.3. The van der Waals surface area contributed by atoms with Gasteiger partial charge >= 0.3 is 12.1 Å². The van der Waals surface area contributed by atoms with Crippen LogP contribution in [0.1, 0.15) is 11.5 Å². The molecule has 0 aliphatic carbocycles. The van der Waals surface area contributed by atoms with E-state index in [0.29, 0.717) is 6.07 Å². The lowest BCUT2D eigenvalue weighted by Gasteiger charge is -2.24. The number of alkyl halides is 3. The van der Waals surface area contributed by atoms with E-state index in [9.17, 15) is 22.4 Å². The van der Waals surface area contributed by atoms with Crippen molar-refractivity contribution in [1.29, 1.82) is 0 Å². The van der Waals surface area contributed by atoms with Crippen LogP contribution in [-0.4, -0.2) is 23.3 Å². The average molecular weight is 330 g/mol. The molecule has 100 valence electrons. The van der Waals surface area contributed by atoms with Crippen LogP contribution in [-0.2, 0) is 4.79 Å². The van der Waals surface area contributed by atoms with E-state index in [-0.39, 0.29) is 4.47 Å². The molecule has 3 N–H and O–H groups in total. The first-order chi connectivity index (χ1) is 8.14. The number of carbonyl (C=O) groups is 1. The summed E-state index contributed by atoms with van der Waals surface area (Å²) in [5.74, 6) is -5.18. The van der Waals surface area contributed by atoms with Crippen molar-refractivity contribution in [3.8, 4) is 0 Å². The van der Waals surface area contributed by atoms with Gasteiger partial charge in [0, 0.05) is 0 Å². The lowest BCUT2D eigenvalue weighted by molar-refractivity contribution is -0.167. The lowest BCUT2D eigenvalue weighted by atomic mass is 9.91. The summed E-state index contributed by atoms with van der Waals surface area (Å²) >= 11 is 2.79. The lowest BCUT2D eigenvalue weighted by Crippen LogP contribution is -2.43. The van der Waals surface area contributed by atoms with Crippen LogP contribution in [0, 0.1) is 5.82 Å². The largest absolute Gasteiger partial charge is 0.480 e. The predicted octanol–water partition coefficient (Wildman–Crippen LogP) is 2.65. The zero-order chi connectivity index (χ0) is 14.1. The summed E-state index contributed by atoms with van der Waals surface area (Å²) in [6.45, 7) is 0. The number of nitrogens with two attached hydrogens (primary N) is 1. The van der Waals surface area contributed by atoms with Crippen LogP contribution in [0.5, 0.6) is 0 Å². The Morgan fingerprint density at radius 3 is 2.33 bits per heavy atom. The van der Waals surface area contributed by atoms with Gasteiger partial charge in [-0.05, 0) is 33.6 Å². The number of carboxylic acids is 1. The van der Waals surface area contributed by atoms with E-state index >= 15 is 0 Å². The summed E-state index contributed by atoms with van der Waals surface area (Å²) in [6, 6.07) is 0.475. The molecule has 1 aromatic rings. The molecule has 0 amide bonds. The minimum atomic E-state index is -4.88. The molecule has 0 aliphatic heterocycles. The molecule has 1 rings (SSSR count). The van der Waals surface area contributed by atoms with Gasteiger partial charge in [0.15, 0.2) is 0 Å². The number of benzene rings is 1. The molecule has 2 atom stereocenters. The van der Waals surface area contributed by atoms with Gasteiger partial charge in [0.05, 0.1) is 4.47 Å². The first kappa shape index (κ1) is 14.9. The highest BCUT2D eigenvalue weighted by atomic mass is 79.9. The minimum absolute atomic E-state index is 0.0175. The van der Waals surface area contributed by atoms with E-state index in [1.54, 1.807) is 0 Å². The predicted molar refractivity (Wildman–Crippen MR) is 58.5 cm³/mol. The summed E-state index contributed by atoms with van der Waals surface area (Å²) in [5, 5.41) is 8.57. The Bertz CT molecular complexity index is 464. The summed E-state index contributed by atoms with van der Waals surface area (Å²) in [6.07, 6.45) is -4.88. The molecular weight excluding hydrogens is 322 g/mol. The van der Waals surface area contributed by atoms with Crippen molar-refractivity contribution in [1.82, 2.24) is 0 Å². The zero-order valence-electron chi connectivity index (χ0n) is 8.71. The SMILES string of the molecule is NC(C(=O)O)C(c1ccc(Br)c(F)c1)C(F)(F)F. The van der Waals surface area contributed by atoms with Crippen molar-refractivity contribution in [3.63, 3.8) is 0 Å². The van der Waals surface area contributed by atoms with Gasteiger partial charge in [0.25, 0.3) is 0 Å². The van der Waals surface area contributed by atoms with Gasteiger partial charge in [0.2, 0.25) is 0 Å². The molecule has 0 bridgehead atoms. The minimum Gasteiger partial charge on any atom is -0.480 e. The Kier molecular flexibility index (Phi) is 4.33. The normalized spacial score (nSPS) is 15.2. The number of aliphatic carboxylic acids is 1. The fourth-order valence-electron chi connectivity index (χ4n) is 1.45. The highest BCUT2D eigenvalue weighted by Gasteiger charge is 2.47. The molecule has 8 heteroatoms. The molecule has 0 aromatic heterocycles. The smallest absolute Gasteiger partial charge is 0.397 e. The Hall–Kier alpha value is -1.15. The van der Waals surface area contributed by atoms with Crippen LogP contribution in [0.25, 0.3) is 0 Å². The van der Waals surface area contributed by atoms with Crippen molar-refractivity contribution in [2.75, 3.05) is 0 Å². The summed E-state index contributed by atoms with van der Waals surface area (Å²) < 4.78 is 51.5. The van der Waals surface area contributed by atoms with Crippen molar-refractivity contribution in [2.24, 2.45) is 5.73 Å². The van der Waals surface area contributed by atoms with E-state index in [0.717, 1.165) is 12.1 Å². The van der Waals surface area contributed by atoms with Gasteiger partial charge in [-0.2, -0.15) is 13.2 Å². The van der Waals surface area contributed by atoms with E-state index in [2.05, 4.69) is 15.9 Å². The summed E-state index contributed by atoms with van der Waals surface area (Å²) in [4.78, 5) is 10.6. The number of halogens is 5. The number of carboxylic acid groups (broad SMARTS) is 1. The third-order valence-corrected chi connectivity index (χ3v) is 2.94. The maximum atomic E-state index is 13.2. The van der Waals surface area contributed by atoms with Crippen LogP contribution in [0.4, 0.5) is 17.6 Å². The van der Waals surface area contributed by atoms with Gasteiger partial charge in [-0.3, -0.25) is 4.79 Å². The van der Waals surface area contributed by atoms with E-state index in [4.69, 9.17) is 10.8 Å². The second kappa shape index (κ2) is 5.23. The van der Waals surface area contributed by atoms with Gasteiger partial charge in [-0.15, -0.1) is 0 Å². The van der Waals surface area contributed by atoms with Crippen molar-refractivity contribution in [3.05, 3.63) is 34.1 Å². The molecule has 0 radical (unpaired) electrons. The highest BCUT2D eigenvalue weighted by Crippen LogP contribution is 2.37. The van der Waals surface area contributed by atoms with Gasteiger partial charge in [-0.1, -0.05) is 6.07 Å². The van der Waals surface area contributed by atoms with Crippen LogP contribution >= 0.6 is 15.9 Å². The Morgan fingerprint density at radius 1 is 1.39 bits per heavy atom. The molecule has 0 spiro atoms. The Morgan fingerprint density at radius 2 is 1.94 bits per heavy atom. The number of rotatable bonds is 3. The second-order valence-electron chi connectivity index (χ2n) is 3.56. The standard InChI is InChI=1S/C10H8BrF4NO2/c11-5-2-1-4(3-6(5)12)7(10(13,14)15)8(16)9(17)18/h1-3,7-8H,16H2,(H,17,18). The van der Waals surface area contributed by atoms with Crippen LogP contribution in [0.15, 0.2) is 22.7 Å². The number of hydrogen-bond donors (Lipinski definition) is 2. The van der Waals surface area contributed by atoms with Crippen molar-refractivity contribution < 1.29 is 27.5 Å². The van der Waals surface area contributed by atoms with E-state index in [1.165, 1.54) is 0 Å². The molecule has 18 heavy (non-hydrogen) atoms. The maximum absolute atomic E-state index is 13.2. The molecule has 0 heterocycles. The third-order valence-electron chi connectivity index (χ3n) is 2.30. The van der Waals surface area contributed by atoms with Crippen LogP contribution in [0.3, 0.4) is 0 Å². The van der Waals surface area contributed by atoms with E-state index < -0.39 is 35.5 Å². The van der Waals surface area contributed by atoms with Crippen LogP contribution in [0.2, 0.25) is 0 Å². The third kappa shape index (κ3) is 3.20. The molecule has 2 unspecified atom stereocenters. The van der Waals surface area contributed by atoms with Gasteiger partial charge in [0.1, 0.15) is 17.8 Å². The molecule has 0 aliphatic rings. The first-order valence-corrected chi connectivity index (χ1v) is 5.44. The molecule has 3 nitrogen and oxygen atoms in total. The maximum Gasteiger partial charge on any atom is 0.397 e. The second-order valence-corrected chi connectivity index (χ2v) is 4.41. The summed E-state index contributed by atoms with van der Waals surface area (Å²) in [5.41, 5.74) is 4.48.